The van der Waals surface area contributed by atoms with Crippen LogP contribution >= 0.6 is 0 Å². The van der Waals surface area contributed by atoms with Gasteiger partial charge in [-0.2, -0.15) is 4.57 Å². The largest absolute Gasteiger partial charge is 0.497 e. The number of hydrogen-bond donors (Lipinski definition) is 0. The maximum atomic E-state index is 5.31. The summed E-state index contributed by atoms with van der Waals surface area (Å²) in [5.41, 5.74) is 3.57. The molecule has 4 rings (SSSR count). The van der Waals surface area contributed by atoms with E-state index in [-0.39, 0.29) is 0 Å². The van der Waals surface area contributed by atoms with Crippen LogP contribution in [0.5, 0.6) is 11.5 Å². The van der Waals surface area contributed by atoms with E-state index in [9.17, 15) is 0 Å². The molecule has 0 saturated heterocycles. The third-order valence-corrected chi connectivity index (χ3v) is 4.87. The average Bonchev–Trinajstić information content (AvgIpc) is 3.07. The van der Waals surface area contributed by atoms with E-state index in [1.54, 1.807) is 14.2 Å². The van der Waals surface area contributed by atoms with Gasteiger partial charge in [-0.3, -0.25) is 0 Å². The lowest BCUT2D eigenvalue weighted by molar-refractivity contribution is -0.708. The predicted octanol–water partition coefficient (Wildman–Crippen LogP) is 3.79. The number of imidazole rings is 1. The standard InChI is InChI=1S/C21H23N2O2/c1-24-18-10-6-16(7-11-18)20-15-22-14-4-3-5-21(22)23(20)17-8-12-19(25-2)13-9-17/h6-13,15H,3-5,14H2,1-2H3/q+1. The Morgan fingerprint density at radius 3 is 2.12 bits per heavy atom. The number of nitrogens with zero attached hydrogens (tertiary/aromatic N) is 2. The molecule has 0 N–H and O–H groups in total. The van der Waals surface area contributed by atoms with Gasteiger partial charge in [0.15, 0.2) is 5.69 Å². The molecule has 0 spiro atoms. The Balaban J connectivity index is 1.86. The van der Waals surface area contributed by atoms with E-state index in [1.807, 2.05) is 24.3 Å². The molecule has 2 aromatic carbocycles. The minimum atomic E-state index is 0.878. The molecular formula is C21H23N2O2+. The van der Waals surface area contributed by atoms with Crippen molar-refractivity contribution in [1.82, 2.24) is 4.57 Å². The second kappa shape index (κ2) is 6.63. The van der Waals surface area contributed by atoms with Gasteiger partial charge in [-0.15, -0.1) is 0 Å². The lowest BCUT2D eigenvalue weighted by atomic mass is 10.1. The highest BCUT2D eigenvalue weighted by atomic mass is 16.5. The van der Waals surface area contributed by atoms with Crippen molar-refractivity contribution in [2.24, 2.45) is 0 Å². The molecule has 0 aliphatic carbocycles. The topological polar surface area (TPSA) is 27.3 Å². The molecule has 4 heteroatoms. The SMILES string of the molecule is COc1ccc(-c2c[n+]3c(n2-c2ccc(OC)cc2)CCCC3)cc1. The monoisotopic (exact) mass is 335 g/mol. The van der Waals surface area contributed by atoms with Crippen LogP contribution in [0.4, 0.5) is 0 Å². The molecule has 25 heavy (non-hydrogen) atoms. The van der Waals surface area contributed by atoms with Gasteiger partial charge in [0.1, 0.15) is 23.4 Å². The summed E-state index contributed by atoms with van der Waals surface area (Å²) < 4.78 is 15.4. The normalized spacial score (nSPS) is 13.4. The lowest BCUT2D eigenvalue weighted by Crippen LogP contribution is -2.40. The Kier molecular flexibility index (Phi) is 4.18. The summed E-state index contributed by atoms with van der Waals surface area (Å²) in [4.78, 5) is 0. The number of rotatable bonds is 4. The molecule has 1 aromatic heterocycles. The van der Waals surface area contributed by atoms with E-state index in [0.717, 1.165) is 24.5 Å². The number of fused-ring (bicyclic) bond motifs is 1. The van der Waals surface area contributed by atoms with Crippen LogP contribution in [0.15, 0.2) is 54.7 Å². The van der Waals surface area contributed by atoms with Crippen LogP contribution in [-0.2, 0) is 13.0 Å². The van der Waals surface area contributed by atoms with Gasteiger partial charge >= 0.3 is 0 Å². The number of methoxy groups -OCH3 is 2. The highest BCUT2D eigenvalue weighted by Crippen LogP contribution is 2.28. The van der Waals surface area contributed by atoms with Crippen molar-refractivity contribution in [2.45, 2.75) is 25.8 Å². The molecule has 1 aliphatic rings. The highest BCUT2D eigenvalue weighted by Gasteiger charge is 2.27. The van der Waals surface area contributed by atoms with Crippen LogP contribution in [0.1, 0.15) is 18.7 Å². The summed E-state index contributed by atoms with van der Waals surface area (Å²) >= 11 is 0. The maximum Gasteiger partial charge on any atom is 0.262 e. The van der Waals surface area contributed by atoms with Crippen molar-refractivity contribution in [3.05, 3.63) is 60.6 Å². The Morgan fingerprint density at radius 1 is 0.840 bits per heavy atom. The van der Waals surface area contributed by atoms with Gasteiger partial charge in [-0.05, 0) is 61.4 Å². The van der Waals surface area contributed by atoms with E-state index in [4.69, 9.17) is 9.47 Å². The summed E-state index contributed by atoms with van der Waals surface area (Å²) in [6.45, 7) is 1.08. The molecule has 0 amide bonds. The van der Waals surface area contributed by atoms with Crippen molar-refractivity contribution < 1.29 is 14.0 Å². The number of aryl methyl sites for hydroxylation is 1. The summed E-state index contributed by atoms with van der Waals surface area (Å²) in [7, 11) is 3.40. The fourth-order valence-electron chi connectivity index (χ4n) is 3.55. The first-order valence-corrected chi connectivity index (χ1v) is 8.73. The van der Waals surface area contributed by atoms with Crippen molar-refractivity contribution in [2.75, 3.05) is 14.2 Å². The number of hydrogen-bond acceptors (Lipinski definition) is 2. The molecule has 1 aliphatic heterocycles. The van der Waals surface area contributed by atoms with Gasteiger partial charge in [0.25, 0.3) is 5.82 Å². The summed E-state index contributed by atoms with van der Waals surface area (Å²) in [6.07, 6.45) is 5.86. The van der Waals surface area contributed by atoms with Crippen molar-refractivity contribution >= 4 is 0 Å². The Hall–Kier alpha value is -2.75. The van der Waals surface area contributed by atoms with Gasteiger partial charge in [0.05, 0.1) is 20.8 Å². The molecule has 128 valence electrons. The molecule has 0 unspecified atom stereocenters. The van der Waals surface area contributed by atoms with Crippen LogP contribution in [0.2, 0.25) is 0 Å². The number of aromatic nitrogens is 2. The molecule has 0 bridgehead atoms. The third-order valence-electron chi connectivity index (χ3n) is 4.87. The van der Waals surface area contributed by atoms with Gasteiger partial charge < -0.3 is 9.47 Å². The Bertz CT molecular complexity index is 864. The minimum Gasteiger partial charge on any atom is -0.497 e. The fourth-order valence-corrected chi connectivity index (χ4v) is 3.55. The zero-order valence-electron chi connectivity index (χ0n) is 14.7. The van der Waals surface area contributed by atoms with E-state index in [2.05, 4.69) is 39.6 Å². The van der Waals surface area contributed by atoms with Crippen LogP contribution in [0.3, 0.4) is 0 Å². The molecule has 0 atom stereocenters. The second-order valence-electron chi connectivity index (χ2n) is 6.34. The van der Waals surface area contributed by atoms with Crippen LogP contribution in [0, 0.1) is 0 Å². The van der Waals surface area contributed by atoms with Gasteiger partial charge in [-0.1, -0.05) is 0 Å². The van der Waals surface area contributed by atoms with E-state index < -0.39 is 0 Å². The fraction of sp³-hybridized carbons (Fsp3) is 0.286. The smallest absolute Gasteiger partial charge is 0.262 e. The van der Waals surface area contributed by atoms with Crippen LogP contribution < -0.4 is 14.0 Å². The van der Waals surface area contributed by atoms with Gasteiger partial charge in [0.2, 0.25) is 0 Å². The minimum absolute atomic E-state index is 0.878. The maximum absolute atomic E-state index is 5.31. The van der Waals surface area contributed by atoms with Gasteiger partial charge in [-0.25, -0.2) is 4.57 Å². The third kappa shape index (κ3) is 2.88. The number of benzene rings is 2. The van der Waals surface area contributed by atoms with Crippen LogP contribution in [-0.4, -0.2) is 18.8 Å². The highest BCUT2D eigenvalue weighted by molar-refractivity contribution is 5.62. The Labute approximate surface area is 148 Å². The van der Waals surface area contributed by atoms with Crippen molar-refractivity contribution in [3.63, 3.8) is 0 Å². The summed E-state index contributed by atoms with van der Waals surface area (Å²) in [5, 5.41) is 0. The molecule has 3 aromatic rings. The van der Waals surface area contributed by atoms with Gasteiger partial charge in [0, 0.05) is 12.0 Å². The lowest BCUT2D eigenvalue weighted by Gasteiger charge is -2.10. The first-order valence-electron chi connectivity index (χ1n) is 8.73. The van der Waals surface area contributed by atoms with E-state index in [1.165, 1.54) is 35.6 Å². The zero-order chi connectivity index (χ0) is 17.2. The zero-order valence-corrected chi connectivity index (χ0v) is 14.7. The van der Waals surface area contributed by atoms with Crippen molar-refractivity contribution in [3.8, 4) is 28.4 Å². The summed E-state index contributed by atoms with van der Waals surface area (Å²) in [6, 6.07) is 16.6. The molecule has 2 heterocycles. The molecule has 0 saturated carbocycles. The Morgan fingerprint density at radius 2 is 1.48 bits per heavy atom. The first-order chi connectivity index (χ1) is 12.3. The average molecular weight is 335 g/mol. The molecular weight excluding hydrogens is 312 g/mol. The quantitative estimate of drug-likeness (QED) is 0.679. The number of ether oxygens (including phenoxy) is 2. The molecule has 4 nitrogen and oxygen atoms in total. The van der Waals surface area contributed by atoms with E-state index >= 15 is 0 Å². The predicted molar refractivity (Wildman–Crippen MR) is 97.4 cm³/mol. The first kappa shape index (κ1) is 15.8. The van der Waals surface area contributed by atoms with Crippen LogP contribution in [0.25, 0.3) is 16.9 Å². The second-order valence-corrected chi connectivity index (χ2v) is 6.34. The molecule has 0 radical (unpaired) electrons. The molecule has 0 fully saturated rings. The summed E-state index contributed by atoms with van der Waals surface area (Å²) in [5.74, 6) is 3.12. The van der Waals surface area contributed by atoms with Crippen molar-refractivity contribution in [1.29, 1.82) is 0 Å². The van der Waals surface area contributed by atoms with E-state index in [0.29, 0.717) is 0 Å².